The highest BCUT2D eigenvalue weighted by Crippen LogP contribution is 2.55. The molecule has 0 bridgehead atoms. The van der Waals surface area contributed by atoms with Crippen molar-refractivity contribution >= 4 is 25.2 Å². The van der Waals surface area contributed by atoms with Crippen molar-refractivity contribution in [1.82, 2.24) is 20.6 Å². The van der Waals surface area contributed by atoms with Gasteiger partial charge in [0, 0.05) is 49.3 Å². The number of nitrogens with zero attached hydrogens (tertiary/aromatic N) is 3. The fraction of sp³-hybridized carbons (Fsp3) is 0.361. The van der Waals surface area contributed by atoms with E-state index in [1.54, 1.807) is 19.9 Å². The third-order valence-electron chi connectivity index (χ3n) is 8.49. The summed E-state index contributed by atoms with van der Waals surface area (Å²) < 4.78 is 54.3. The van der Waals surface area contributed by atoms with Gasteiger partial charge in [-0.05, 0) is 50.8 Å². The molecule has 2 amide bonds. The van der Waals surface area contributed by atoms with Crippen LogP contribution < -0.4 is 20.9 Å². The van der Waals surface area contributed by atoms with Crippen molar-refractivity contribution in [3.63, 3.8) is 0 Å². The van der Waals surface area contributed by atoms with E-state index < -0.39 is 31.6 Å². The van der Waals surface area contributed by atoms with Gasteiger partial charge in [0.2, 0.25) is 0 Å². The monoisotopic (exact) mass is 704 g/mol. The Balaban J connectivity index is 1.26. The van der Waals surface area contributed by atoms with Crippen LogP contribution in [-0.4, -0.2) is 42.5 Å². The minimum Gasteiger partial charge on any atom is -0.373 e. The number of carbonyl (C=O) groups excluding carboxylic acids is 1. The van der Waals surface area contributed by atoms with Crippen molar-refractivity contribution in [3.8, 4) is 11.1 Å². The lowest BCUT2D eigenvalue weighted by Crippen LogP contribution is -2.51. The highest BCUT2D eigenvalue weighted by molar-refractivity contribution is 7.48. The average molecular weight is 705 g/mol. The van der Waals surface area contributed by atoms with Crippen LogP contribution in [0.4, 0.5) is 20.6 Å². The molecule has 2 atom stereocenters. The lowest BCUT2D eigenvalue weighted by atomic mass is 9.96. The highest BCUT2D eigenvalue weighted by Gasteiger charge is 2.39. The van der Waals surface area contributed by atoms with E-state index in [0.29, 0.717) is 42.1 Å². The standard InChI is InChI=1S/C36H42FN6O6P/c1-5-38-35(44)42-34-41-32-28(43(34)4)19-27(31(37)30(32)29-17-12-18-46-29)26-20-39-33(40-21-26)36(2,3)49-50(45,47-22-24-13-8-6-9-14-24)48-23-25-15-10-7-11-16-25/h6-11,13-16,19-21,29,34,41H,5,12,17-18,22-23H2,1-4H3,(H2,38,42,44). The molecule has 4 aromatic rings. The number of aromatic nitrogens is 2. The van der Waals surface area contributed by atoms with Crippen LogP contribution in [0.2, 0.25) is 0 Å². The van der Waals surface area contributed by atoms with Crippen molar-refractivity contribution in [1.29, 1.82) is 0 Å². The Morgan fingerprint density at radius 3 is 2.24 bits per heavy atom. The summed E-state index contributed by atoms with van der Waals surface area (Å²) in [7, 11) is -2.36. The summed E-state index contributed by atoms with van der Waals surface area (Å²) in [6, 6.07) is 20.0. The largest absolute Gasteiger partial charge is 0.476 e. The first-order valence-corrected chi connectivity index (χ1v) is 18.1. The molecule has 2 aliphatic rings. The number of anilines is 2. The lowest BCUT2D eigenvalue weighted by Gasteiger charge is -2.28. The van der Waals surface area contributed by atoms with Gasteiger partial charge >= 0.3 is 13.9 Å². The van der Waals surface area contributed by atoms with E-state index in [-0.39, 0.29) is 30.6 Å². The summed E-state index contributed by atoms with van der Waals surface area (Å²) in [5, 5.41) is 8.86. The fourth-order valence-electron chi connectivity index (χ4n) is 5.90. The molecule has 0 radical (unpaired) electrons. The van der Waals surface area contributed by atoms with Crippen LogP contribution in [0.15, 0.2) is 79.1 Å². The van der Waals surface area contributed by atoms with E-state index in [4.69, 9.17) is 18.3 Å². The first kappa shape index (κ1) is 35.4. The van der Waals surface area contributed by atoms with Crippen molar-refractivity contribution in [3.05, 3.63) is 107 Å². The van der Waals surface area contributed by atoms with Crippen molar-refractivity contribution in [2.75, 3.05) is 30.4 Å². The maximum Gasteiger partial charge on any atom is 0.476 e. The summed E-state index contributed by atoms with van der Waals surface area (Å²) in [6.45, 7) is 6.15. The molecule has 3 heterocycles. The van der Waals surface area contributed by atoms with Crippen LogP contribution in [-0.2, 0) is 41.7 Å². The van der Waals surface area contributed by atoms with Crippen LogP contribution in [0.1, 0.15) is 62.2 Å². The van der Waals surface area contributed by atoms with Gasteiger partial charge in [0.1, 0.15) is 11.4 Å². The predicted molar refractivity (Wildman–Crippen MR) is 188 cm³/mol. The van der Waals surface area contributed by atoms with Crippen molar-refractivity contribution < 1.29 is 32.1 Å². The van der Waals surface area contributed by atoms with E-state index >= 15 is 4.39 Å². The molecule has 3 aromatic carbocycles. The Kier molecular flexibility index (Phi) is 10.8. The number of halogens is 1. The number of benzene rings is 3. The molecule has 0 saturated carbocycles. The number of amides is 2. The number of rotatable bonds is 13. The zero-order valence-corrected chi connectivity index (χ0v) is 29.4. The Bertz CT molecular complexity index is 1780. The van der Waals surface area contributed by atoms with Crippen molar-refractivity contribution in [2.45, 2.75) is 64.8 Å². The molecule has 1 aromatic heterocycles. The molecule has 0 aliphatic carbocycles. The average Bonchev–Trinajstić information content (AvgIpc) is 3.75. The van der Waals surface area contributed by atoms with Crippen LogP contribution in [0, 0.1) is 5.82 Å². The quantitative estimate of drug-likeness (QED) is 0.121. The second-order valence-corrected chi connectivity index (χ2v) is 14.2. The molecular weight excluding hydrogens is 662 g/mol. The number of urea groups is 1. The summed E-state index contributed by atoms with van der Waals surface area (Å²) in [6.07, 6.45) is 3.41. The Labute approximate surface area is 291 Å². The summed E-state index contributed by atoms with van der Waals surface area (Å²) in [5.74, 6) is -0.269. The maximum absolute atomic E-state index is 16.5. The highest BCUT2D eigenvalue weighted by atomic mass is 31.2. The lowest BCUT2D eigenvalue weighted by molar-refractivity contribution is 0.0188. The topological polar surface area (TPSA) is 136 Å². The molecule has 14 heteroatoms. The van der Waals surface area contributed by atoms with Gasteiger partial charge in [-0.2, -0.15) is 0 Å². The van der Waals surface area contributed by atoms with E-state index in [2.05, 4.69) is 25.9 Å². The molecule has 12 nitrogen and oxygen atoms in total. The molecule has 6 rings (SSSR count). The smallest absolute Gasteiger partial charge is 0.373 e. The van der Waals surface area contributed by atoms with Gasteiger partial charge in [-0.15, -0.1) is 0 Å². The Morgan fingerprint density at radius 2 is 1.68 bits per heavy atom. The minimum atomic E-state index is -4.17. The van der Waals surface area contributed by atoms with E-state index in [0.717, 1.165) is 17.5 Å². The summed E-state index contributed by atoms with van der Waals surface area (Å²) in [4.78, 5) is 23.3. The third kappa shape index (κ3) is 7.98. The van der Waals surface area contributed by atoms with E-state index in [1.807, 2.05) is 79.5 Å². The second kappa shape index (κ2) is 15.2. The zero-order chi connectivity index (χ0) is 35.3. The molecule has 3 N–H and O–H groups in total. The molecule has 1 saturated heterocycles. The van der Waals surface area contributed by atoms with E-state index in [1.165, 1.54) is 12.4 Å². The molecule has 1 fully saturated rings. The maximum atomic E-state index is 16.5. The normalized spacial score (nSPS) is 17.3. The van der Waals surface area contributed by atoms with Gasteiger partial charge in [-0.1, -0.05) is 60.7 Å². The van der Waals surface area contributed by atoms with Crippen LogP contribution in [0.3, 0.4) is 0 Å². The van der Waals surface area contributed by atoms with Crippen molar-refractivity contribution in [2.24, 2.45) is 0 Å². The number of nitrogens with one attached hydrogen (secondary N) is 3. The van der Waals surface area contributed by atoms with E-state index in [9.17, 15) is 9.36 Å². The number of carbonyl (C=O) groups is 1. The number of phosphoric acid groups is 1. The van der Waals surface area contributed by atoms with Gasteiger partial charge in [0.15, 0.2) is 12.1 Å². The number of ether oxygens (including phenoxy) is 1. The first-order chi connectivity index (χ1) is 24.1. The molecule has 264 valence electrons. The fourth-order valence-corrected chi connectivity index (χ4v) is 7.33. The first-order valence-electron chi connectivity index (χ1n) is 16.6. The molecular formula is C36H42FN6O6P. The number of hydrogen-bond acceptors (Lipinski definition) is 10. The molecule has 50 heavy (non-hydrogen) atoms. The van der Waals surface area contributed by atoms with Gasteiger partial charge in [-0.3, -0.25) is 13.6 Å². The zero-order valence-electron chi connectivity index (χ0n) is 28.5. The van der Waals surface area contributed by atoms with Gasteiger partial charge in [-0.25, -0.2) is 23.7 Å². The summed E-state index contributed by atoms with van der Waals surface area (Å²) in [5.41, 5.74) is 2.60. The predicted octanol–water partition coefficient (Wildman–Crippen LogP) is 7.39. The molecule has 0 spiro atoms. The van der Waals surface area contributed by atoms with Gasteiger partial charge in [0.25, 0.3) is 0 Å². The van der Waals surface area contributed by atoms with Gasteiger partial charge < -0.3 is 25.6 Å². The third-order valence-corrected chi connectivity index (χ3v) is 10.1. The minimum absolute atomic E-state index is 0.00358. The number of hydrogen-bond donors (Lipinski definition) is 3. The number of fused-ring (bicyclic) bond motifs is 1. The Hall–Kier alpha value is -4.39. The molecule has 2 unspecified atom stereocenters. The Morgan fingerprint density at radius 1 is 1.06 bits per heavy atom. The van der Waals surface area contributed by atoms with Crippen LogP contribution in [0.25, 0.3) is 11.1 Å². The van der Waals surface area contributed by atoms with Crippen LogP contribution in [0.5, 0.6) is 0 Å². The summed E-state index contributed by atoms with van der Waals surface area (Å²) >= 11 is 0. The van der Waals surface area contributed by atoms with Gasteiger partial charge in [0.05, 0.1) is 30.7 Å². The SMILES string of the molecule is CCNC(=O)NC1Nc2c(cc(-c3cnc(C(C)(C)OP(=O)(OCc4ccccc4)OCc4ccccc4)nc3)c(F)c2C2CCCO2)N1C. The van der Waals surface area contributed by atoms with Crippen LogP contribution >= 0.6 is 7.82 Å². The number of phosphoric ester groups is 1. The second-order valence-electron chi connectivity index (χ2n) is 12.6. The molecule has 2 aliphatic heterocycles.